The van der Waals surface area contributed by atoms with Gasteiger partial charge in [-0.3, -0.25) is 9.69 Å². The monoisotopic (exact) mass is 448 g/mol. The molecule has 0 spiro atoms. The lowest BCUT2D eigenvalue weighted by molar-refractivity contribution is 0.0992. The maximum absolute atomic E-state index is 13.1. The fraction of sp³-hybridized carbons (Fsp3) is 0.200. The fourth-order valence-electron chi connectivity index (χ4n) is 3.14. The normalized spacial score (nSPS) is 10.7. The minimum Gasteiger partial charge on any atom is -0.490 e. The average Bonchev–Trinajstić information content (AvgIpc) is 3.27. The van der Waals surface area contributed by atoms with Gasteiger partial charge < -0.3 is 14.2 Å². The van der Waals surface area contributed by atoms with Crippen LogP contribution >= 0.6 is 11.3 Å². The predicted octanol–water partition coefficient (Wildman–Crippen LogP) is 5.43. The number of amides is 1. The standard InChI is InChI=1S/C25H24N2O4S/c1-3-29-22-17-18(13-14-21(22)31-16-15-30-19-9-5-4-6-10-19)24(28)27(2)25-26-20-11-7-8-12-23(20)32-25/h4-14,17H,3,15-16H2,1-2H3. The lowest BCUT2D eigenvalue weighted by Crippen LogP contribution is -2.26. The van der Waals surface area contributed by atoms with Crippen molar-refractivity contribution in [2.45, 2.75) is 6.92 Å². The average molecular weight is 449 g/mol. The molecule has 0 saturated carbocycles. The van der Waals surface area contributed by atoms with Crippen LogP contribution in [-0.2, 0) is 0 Å². The molecule has 0 saturated heterocycles. The highest BCUT2D eigenvalue weighted by Gasteiger charge is 2.19. The minimum atomic E-state index is -0.163. The Labute approximate surface area is 191 Å². The molecule has 0 bridgehead atoms. The van der Waals surface area contributed by atoms with E-state index in [1.807, 2.05) is 61.5 Å². The number of hydrogen-bond donors (Lipinski definition) is 0. The number of thiazole rings is 1. The molecule has 6 nitrogen and oxygen atoms in total. The van der Waals surface area contributed by atoms with Gasteiger partial charge in [0.2, 0.25) is 0 Å². The van der Waals surface area contributed by atoms with E-state index in [-0.39, 0.29) is 5.91 Å². The maximum Gasteiger partial charge on any atom is 0.259 e. The fourth-order valence-corrected chi connectivity index (χ4v) is 4.07. The van der Waals surface area contributed by atoms with Gasteiger partial charge in [0.15, 0.2) is 16.6 Å². The first kappa shape index (κ1) is 21.6. The van der Waals surface area contributed by atoms with Crippen LogP contribution in [0.1, 0.15) is 17.3 Å². The molecule has 32 heavy (non-hydrogen) atoms. The Hall–Kier alpha value is -3.58. The Morgan fingerprint density at radius 3 is 2.44 bits per heavy atom. The highest BCUT2D eigenvalue weighted by Crippen LogP contribution is 2.32. The van der Waals surface area contributed by atoms with Gasteiger partial charge in [0.1, 0.15) is 19.0 Å². The smallest absolute Gasteiger partial charge is 0.259 e. The Bertz CT molecular complexity index is 1160. The number of ether oxygens (including phenoxy) is 3. The van der Waals surface area contributed by atoms with E-state index in [0.717, 1.165) is 16.0 Å². The number of carbonyl (C=O) groups excluding carboxylic acids is 1. The molecule has 0 unspecified atom stereocenters. The van der Waals surface area contributed by atoms with Gasteiger partial charge in [0.25, 0.3) is 5.91 Å². The SMILES string of the molecule is CCOc1cc(C(=O)N(C)c2nc3ccccc3s2)ccc1OCCOc1ccccc1. The van der Waals surface area contributed by atoms with Crippen molar-refractivity contribution in [2.75, 3.05) is 31.8 Å². The molecule has 3 aromatic carbocycles. The van der Waals surface area contributed by atoms with Crippen LogP contribution in [0.3, 0.4) is 0 Å². The maximum atomic E-state index is 13.1. The molecular formula is C25H24N2O4S. The van der Waals surface area contributed by atoms with Crippen LogP contribution in [0.15, 0.2) is 72.8 Å². The number of benzene rings is 3. The van der Waals surface area contributed by atoms with Crippen molar-refractivity contribution in [3.05, 3.63) is 78.4 Å². The first-order valence-corrected chi connectivity index (χ1v) is 11.2. The highest BCUT2D eigenvalue weighted by atomic mass is 32.1. The van der Waals surface area contributed by atoms with Crippen molar-refractivity contribution in [1.82, 2.24) is 4.98 Å². The van der Waals surface area contributed by atoms with Gasteiger partial charge in [0.05, 0.1) is 16.8 Å². The van der Waals surface area contributed by atoms with Gasteiger partial charge >= 0.3 is 0 Å². The van der Waals surface area contributed by atoms with E-state index < -0.39 is 0 Å². The van der Waals surface area contributed by atoms with E-state index in [9.17, 15) is 4.79 Å². The molecule has 0 N–H and O–H groups in total. The van der Waals surface area contributed by atoms with Crippen LogP contribution in [0, 0.1) is 0 Å². The number of para-hydroxylation sites is 2. The second kappa shape index (κ2) is 10.2. The van der Waals surface area contributed by atoms with Crippen molar-refractivity contribution in [3.8, 4) is 17.2 Å². The first-order valence-electron chi connectivity index (χ1n) is 10.4. The molecule has 0 fully saturated rings. The summed E-state index contributed by atoms with van der Waals surface area (Å²) >= 11 is 1.48. The summed E-state index contributed by atoms with van der Waals surface area (Å²) < 4.78 is 18.3. The number of anilines is 1. The zero-order chi connectivity index (χ0) is 22.3. The van der Waals surface area contributed by atoms with E-state index in [0.29, 0.717) is 42.0 Å². The minimum absolute atomic E-state index is 0.163. The van der Waals surface area contributed by atoms with E-state index in [2.05, 4.69) is 4.98 Å². The topological polar surface area (TPSA) is 60.9 Å². The molecule has 4 aromatic rings. The lowest BCUT2D eigenvalue weighted by atomic mass is 10.2. The Balaban J connectivity index is 1.44. The van der Waals surface area contributed by atoms with Gasteiger partial charge in [-0.15, -0.1) is 0 Å². The molecule has 1 aromatic heterocycles. The molecule has 0 aliphatic carbocycles. The third kappa shape index (κ3) is 5.00. The molecule has 0 aliphatic heterocycles. The van der Waals surface area contributed by atoms with Gasteiger partial charge in [-0.2, -0.15) is 0 Å². The van der Waals surface area contributed by atoms with Crippen LogP contribution < -0.4 is 19.1 Å². The van der Waals surface area contributed by atoms with Crippen molar-refractivity contribution in [3.63, 3.8) is 0 Å². The number of fused-ring (bicyclic) bond motifs is 1. The van der Waals surface area contributed by atoms with Crippen molar-refractivity contribution in [1.29, 1.82) is 0 Å². The molecular weight excluding hydrogens is 424 g/mol. The third-order valence-corrected chi connectivity index (χ3v) is 5.83. The summed E-state index contributed by atoms with van der Waals surface area (Å²) in [6, 6.07) is 22.6. The number of rotatable bonds is 9. The van der Waals surface area contributed by atoms with E-state index >= 15 is 0 Å². The molecule has 4 rings (SSSR count). The molecule has 0 atom stereocenters. The van der Waals surface area contributed by atoms with Crippen molar-refractivity contribution >= 4 is 32.6 Å². The number of aromatic nitrogens is 1. The molecule has 1 amide bonds. The van der Waals surface area contributed by atoms with E-state index in [4.69, 9.17) is 14.2 Å². The second-order valence-electron chi connectivity index (χ2n) is 6.93. The van der Waals surface area contributed by atoms with Gasteiger partial charge in [-0.05, 0) is 49.4 Å². The van der Waals surface area contributed by atoms with Crippen LogP contribution in [0.4, 0.5) is 5.13 Å². The summed E-state index contributed by atoms with van der Waals surface area (Å²) in [4.78, 5) is 19.2. The molecule has 164 valence electrons. The second-order valence-corrected chi connectivity index (χ2v) is 7.94. The zero-order valence-electron chi connectivity index (χ0n) is 18.0. The Morgan fingerprint density at radius 1 is 0.906 bits per heavy atom. The van der Waals surface area contributed by atoms with Crippen molar-refractivity contribution < 1.29 is 19.0 Å². The molecule has 1 heterocycles. The number of nitrogens with zero attached hydrogens (tertiary/aromatic N) is 2. The lowest BCUT2D eigenvalue weighted by Gasteiger charge is -2.16. The summed E-state index contributed by atoms with van der Waals surface area (Å²) in [6.45, 7) is 3.11. The summed E-state index contributed by atoms with van der Waals surface area (Å²) in [5.74, 6) is 1.72. The Kier molecular flexibility index (Phi) is 6.87. The van der Waals surface area contributed by atoms with Crippen LogP contribution in [-0.4, -0.2) is 37.8 Å². The largest absolute Gasteiger partial charge is 0.490 e. The summed E-state index contributed by atoms with van der Waals surface area (Å²) in [7, 11) is 1.73. The van der Waals surface area contributed by atoms with Gasteiger partial charge in [-0.1, -0.05) is 41.7 Å². The van der Waals surface area contributed by atoms with E-state index in [1.165, 1.54) is 11.3 Å². The van der Waals surface area contributed by atoms with Gasteiger partial charge in [0, 0.05) is 12.6 Å². The van der Waals surface area contributed by atoms with Gasteiger partial charge in [-0.25, -0.2) is 4.98 Å². The molecule has 0 radical (unpaired) electrons. The predicted molar refractivity (Wildman–Crippen MR) is 127 cm³/mol. The highest BCUT2D eigenvalue weighted by molar-refractivity contribution is 7.22. The van der Waals surface area contributed by atoms with E-state index in [1.54, 1.807) is 30.1 Å². The first-order chi connectivity index (χ1) is 15.7. The number of hydrogen-bond acceptors (Lipinski definition) is 6. The summed E-state index contributed by atoms with van der Waals surface area (Å²) in [6.07, 6.45) is 0. The van der Waals surface area contributed by atoms with Crippen molar-refractivity contribution in [2.24, 2.45) is 0 Å². The molecule has 0 aliphatic rings. The summed E-state index contributed by atoms with van der Waals surface area (Å²) in [5, 5.41) is 0.646. The molecule has 7 heteroatoms. The van der Waals surface area contributed by atoms with Crippen LogP contribution in [0.5, 0.6) is 17.2 Å². The van der Waals surface area contributed by atoms with Crippen LogP contribution in [0.2, 0.25) is 0 Å². The zero-order valence-corrected chi connectivity index (χ0v) is 18.8. The Morgan fingerprint density at radius 2 is 1.66 bits per heavy atom. The number of carbonyl (C=O) groups is 1. The quantitative estimate of drug-likeness (QED) is 0.320. The van der Waals surface area contributed by atoms with Crippen LogP contribution in [0.25, 0.3) is 10.2 Å². The summed E-state index contributed by atoms with van der Waals surface area (Å²) in [5.41, 5.74) is 1.38. The third-order valence-electron chi connectivity index (χ3n) is 4.72.